The van der Waals surface area contributed by atoms with Crippen LogP contribution in [0.2, 0.25) is 0 Å². The van der Waals surface area contributed by atoms with E-state index in [-0.39, 0.29) is 12.0 Å². The smallest absolute Gasteiger partial charge is 0.138 e. The Morgan fingerprint density at radius 1 is 1.10 bits per heavy atom. The fraction of sp³-hybridized carbons (Fsp3) is 0.409. The first-order valence-electron chi connectivity index (χ1n) is 10.5. The van der Waals surface area contributed by atoms with Crippen molar-refractivity contribution >= 4 is 44.3 Å². The van der Waals surface area contributed by atoms with Crippen molar-refractivity contribution in [1.29, 1.82) is 0 Å². The third-order valence-electron chi connectivity index (χ3n) is 6.67. The molecule has 0 saturated heterocycles. The number of rotatable bonds is 4. The van der Waals surface area contributed by atoms with Crippen molar-refractivity contribution in [1.82, 2.24) is 15.0 Å². The first kappa shape index (κ1) is 20.4. The van der Waals surface area contributed by atoms with E-state index in [0.29, 0.717) is 18.1 Å². The van der Waals surface area contributed by atoms with Gasteiger partial charge >= 0.3 is 0 Å². The number of pyridine rings is 1. The van der Waals surface area contributed by atoms with Gasteiger partial charge in [0.1, 0.15) is 29.9 Å². The Labute approximate surface area is 188 Å². The number of aliphatic hydroxyl groups excluding tert-OH is 2. The maximum absolute atomic E-state index is 10.8. The highest BCUT2D eigenvalue weighted by atomic mass is 79.9. The molecular weight excluding hydrogens is 460 g/mol. The Morgan fingerprint density at radius 3 is 2.77 bits per heavy atom. The van der Waals surface area contributed by atoms with Gasteiger partial charge in [0, 0.05) is 17.5 Å². The summed E-state index contributed by atoms with van der Waals surface area (Å²) in [6, 6.07) is 7.96. The highest BCUT2D eigenvalue weighted by molar-refractivity contribution is 9.10. The molecule has 4 unspecified atom stereocenters. The molecule has 0 radical (unpaired) electrons. The third-order valence-corrected chi connectivity index (χ3v) is 7.30. The number of nitrogens with zero attached hydrogens (tertiary/aromatic N) is 4. The molecule has 5 rings (SSSR count). The summed E-state index contributed by atoms with van der Waals surface area (Å²) in [5, 5.41) is 22.5. The molecule has 31 heavy (non-hydrogen) atoms. The number of aromatic nitrogens is 3. The van der Waals surface area contributed by atoms with Gasteiger partial charge in [0.05, 0.1) is 22.1 Å². The van der Waals surface area contributed by atoms with Crippen LogP contribution in [-0.2, 0) is 12.8 Å². The lowest BCUT2D eigenvalue weighted by Crippen LogP contribution is -2.43. The minimum atomic E-state index is -0.817. The topological polar surface area (TPSA) is 134 Å². The second-order valence-corrected chi connectivity index (χ2v) is 9.32. The molecule has 1 aliphatic heterocycles. The number of nitrogen functional groups attached to an aromatic ring is 2. The summed E-state index contributed by atoms with van der Waals surface area (Å²) in [5.41, 5.74) is 14.8. The van der Waals surface area contributed by atoms with Crippen LogP contribution < -0.4 is 16.4 Å². The zero-order chi connectivity index (χ0) is 21.7. The average molecular weight is 485 g/mol. The maximum atomic E-state index is 10.8. The van der Waals surface area contributed by atoms with E-state index in [1.165, 1.54) is 6.33 Å². The molecular formula is C22H25BrN6O2. The number of fused-ring (bicyclic) bond motifs is 2. The van der Waals surface area contributed by atoms with E-state index >= 15 is 0 Å². The number of hydrogen-bond donors (Lipinski definition) is 4. The van der Waals surface area contributed by atoms with Gasteiger partial charge in [0.15, 0.2) is 0 Å². The molecule has 8 nitrogen and oxygen atoms in total. The van der Waals surface area contributed by atoms with Gasteiger partial charge in [0.25, 0.3) is 0 Å². The minimum absolute atomic E-state index is 0.00174. The Hall–Kier alpha value is -2.49. The molecule has 6 N–H and O–H groups in total. The first-order valence-corrected chi connectivity index (χ1v) is 11.3. The van der Waals surface area contributed by atoms with E-state index in [9.17, 15) is 10.2 Å². The van der Waals surface area contributed by atoms with Gasteiger partial charge in [-0.15, -0.1) is 0 Å². The van der Waals surface area contributed by atoms with Crippen LogP contribution >= 0.6 is 15.9 Å². The van der Waals surface area contributed by atoms with E-state index in [2.05, 4.69) is 41.8 Å². The normalized spacial score (nSPS) is 25.3. The number of halogens is 1. The van der Waals surface area contributed by atoms with Gasteiger partial charge in [-0.05, 0) is 65.2 Å². The summed E-state index contributed by atoms with van der Waals surface area (Å²) < 4.78 is 0.789. The Bertz CT molecular complexity index is 1140. The van der Waals surface area contributed by atoms with E-state index < -0.39 is 12.2 Å². The second-order valence-electron chi connectivity index (χ2n) is 8.47. The standard InChI is InChI=1S/C22H25BrN6O2/c23-15-8-12-3-1-11(7-16(12)28-21(15)25)2-4-13-9-17(19(31)18(13)30)29-6-5-14-20(24)26-10-27-22(14)29/h1,3,7-8,10,13,17-19,30-31H,2,4-6,9H2,(H2,25,28)(H2,24,26,27). The summed E-state index contributed by atoms with van der Waals surface area (Å²) in [6.07, 6.45) is 2.91. The largest absolute Gasteiger partial charge is 0.390 e. The van der Waals surface area contributed by atoms with Gasteiger partial charge in [-0.2, -0.15) is 0 Å². The molecule has 3 aromatic rings. The monoisotopic (exact) mass is 484 g/mol. The molecule has 2 aliphatic rings. The molecule has 0 bridgehead atoms. The van der Waals surface area contributed by atoms with Gasteiger partial charge in [-0.1, -0.05) is 12.1 Å². The van der Waals surface area contributed by atoms with Crippen LogP contribution in [0.4, 0.5) is 17.5 Å². The van der Waals surface area contributed by atoms with Crippen molar-refractivity contribution < 1.29 is 10.2 Å². The second kappa shape index (κ2) is 7.89. The van der Waals surface area contributed by atoms with E-state index in [4.69, 9.17) is 11.5 Å². The van der Waals surface area contributed by atoms with Crippen molar-refractivity contribution in [3.8, 4) is 0 Å². The SMILES string of the molecule is Nc1nc2cc(CCC3CC(N4CCc5c(N)ncnc54)C(O)C3O)ccc2cc1Br. The van der Waals surface area contributed by atoms with Gasteiger partial charge < -0.3 is 26.6 Å². The van der Waals surface area contributed by atoms with Crippen molar-refractivity contribution in [2.45, 2.75) is 43.9 Å². The number of hydrogen-bond acceptors (Lipinski definition) is 8. The lowest BCUT2D eigenvalue weighted by molar-refractivity contribution is 0.0131. The molecule has 1 saturated carbocycles. The molecule has 0 amide bonds. The van der Waals surface area contributed by atoms with Crippen LogP contribution in [0, 0.1) is 5.92 Å². The molecule has 1 fully saturated rings. The predicted octanol–water partition coefficient (Wildman–Crippen LogP) is 2.06. The molecule has 0 spiro atoms. The lowest BCUT2D eigenvalue weighted by Gasteiger charge is -2.28. The van der Waals surface area contributed by atoms with Gasteiger partial charge in [-0.25, -0.2) is 15.0 Å². The zero-order valence-corrected chi connectivity index (χ0v) is 18.5. The molecule has 2 aromatic heterocycles. The summed E-state index contributed by atoms with van der Waals surface area (Å²) in [5.74, 6) is 1.75. The minimum Gasteiger partial charge on any atom is -0.390 e. The molecule has 3 heterocycles. The van der Waals surface area contributed by atoms with E-state index in [1.807, 2.05) is 18.2 Å². The average Bonchev–Trinajstić information content (AvgIpc) is 3.30. The number of anilines is 3. The Balaban J connectivity index is 1.30. The third kappa shape index (κ3) is 3.60. The lowest BCUT2D eigenvalue weighted by atomic mass is 9.95. The first-order chi connectivity index (χ1) is 14.9. The van der Waals surface area contributed by atoms with Gasteiger partial charge in [-0.3, -0.25) is 0 Å². The maximum Gasteiger partial charge on any atom is 0.138 e. The number of nitrogens with two attached hydrogens (primary N) is 2. The number of aliphatic hydroxyl groups is 2. The fourth-order valence-corrected chi connectivity index (χ4v) is 5.30. The van der Waals surface area contributed by atoms with Crippen LogP contribution in [-0.4, -0.2) is 50.0 Å². The number of aryl methyl sites for hydroxylation is 1. The van der Waals surface area contributed by atoms with Gasteiger partial charge in [0.2, 0.25) is 0 Å². The van der Waals surface area contributed by atoms with Crippen LogP contribution in [0.3, 0.4) is 0 Å². The van der Waals surface area contributed by atoms with Crippen molar-refractivity contribution in [3.63, 3.8) is 0 Å². The van der Waals surface area contributed by atoms with Crippen LogP contribution in [0.5, 0.6) is 0 Å². The van der Waals surface area contributed by atoms with Crippen molar-refractivity contribution in [2.75, 3.05) is 22.9 Å². The molecule has 162 valence electrons. The van der Waals surface area contributed by atoms with E-state index in [1.54, 1.807) is 0 Å². The van der Waals surface area contributed by atoms with Crippen LogP contribution in [0.25, 0.3) is 10.9 Å². The predicted molar refractivity (Wildman–Crippen MR) is 124 cm³/mol. The zero-order valence-electron chi connectivity index (χ0n) is 16.9. The van der Waals surface area contributed by atoms with Crippen LogP contribution in [0.1, 0.15) is 24.0 Å². The summed E-state index contributed by atoms with van der Waals surface area (Å²) in [7, 11) is 0. The highest BCUT2D eigenvalue weighted by Crippen LogP contribution is 2.39. The summed E-state index contributed by atoms with van der Waals surface area (Å²) >= 11 is 3.41. The molecule has 1 aliphatic carbocycles. The Morgan fingerprint density at radius 2 is 1.94 bits per heavy atom. The van der Waals surface area contributed by atoms with Crippen molar-refractivity contribution in [3.05, 3.63) is 46.2 Å². The summed E-state index contributed by atoms with van der Waals surface area (Å²) in [6.45, 7) is 0.729. The van der Waals surface area contributed by atoms with Crippen molar-refractivity contribution in [2.24, 2.45) is 5.92 Å². The highest BCUT2D eigenvalue weighted by Gasteiger charge is 2.45. The van der Waals surface area contributed by atoms with Crippen LogP contribution in [0.15, 0.2) is 35.1 Å². The molecule has 4 atom stereocenters. The van der Waals surface area contributed by atoms with E-state index in [0.717, 1.165) is 58.1 Å². The Kier molecular flexibility index (Phi) is 5.19. The number of benzene rings is 1. The fourth-order valence-electron chi connectivity index (χ4n) is 4.97. The molecule has 9 heteroatoms. The quantitative estimate of drug-likeness (QED) is 0.441. The summed E-state index contributed by atoms with van der Waals surface area (Å²) in [4.78, 5) is 15.0. The molecule has 1 aromatic carbocycles.